The number of nitrogens with zero attached hydrogens (tertiary/aromatic N) is 4. The van der Waals surface area contributed by atoms with Gasteiger partial charge in [-0.1, -0.05) is 0 Å². The fourth-order valence-electron chi connectivity index (χ4n) is 2.56. The summed E-state index contributed by atoms with van der Waals surface area (Å²) in [5, 5.41) is 7.56. The molecule has 5 heteroatoms. The van der Waals surface area contributed by atoms with Crippen molar-refractivity contribution in [1.29, 1.82) is 0 Å². The molecule has 0 saturated carbocycles. The lowest BCUT2D eigenvalue weighted by molar-refractivity contribution is 0.377. The van der Waals surface area contributed by atoms with Crippen LogP contribution in [0.5, 0.6) is 0 Å². The molecular formula is C13H19N5. The van der Waals surface area contributed by atoms with E-state index < -0.39 is 0 Å². The predicted molar refractivity (Wildman–Crippen MR) is 71.9 cm³/mol. The number of aromatic nitrogens is 3. The van der Waals surface area contributed by atoms with Gasteiger partial charge in [0, 0.05) is 25.9 Å². The minimum absolute atomic E-state index is 0.777. The molecule has 1 fully saturated rings. The average Bonchev–Trinajstić information content (AvgIpc) is 2.87. The Kier molecular flexibility index (Phi) is 3.15. The van der Waals surface area contributed by atoms with E-state index in [1.807, 2.05) is 18.3 Å². The number of rotatable bonds is 3. The summed E-state index contributed by atoms with van der Waals surface area (Å²) in [6.07, 6.45) is 6.27. The fourth-order valence-corrected chi connectivity index (χ4v) is 2.56. The molecule has 1 N–H and O–H groups in total. The summed E-state index contributed by atoms with van der Waals surface area (Å²) >= 11 is 0. The second-order valence-electron chi connectivity index (χ2n) is 4.99. The largest absolute Gasteiger partial charge is 0.359 e. The highest BCUT2D eigenvalue weighted by molar-refractivity contribution is 5.46. The van der Waals surface area contributed by atoms with E-state index in [-0.39, 0.29) is 0 Å². The lowest BCUT2D eigenvalue weighted by Gasteiger charge is -2.28. The second-order valence-corrected chi connectivity index (χ2v) is 4.99. The Balaban J connectivity index is 1.72. The van der Waals surface area contributed by atoms with Gasteiger partial charge in [0.15, 0.2) is 5.65 Å². The highest BCUT2D eigenvalue weighted by atomic mass is 15.3. The van der Waals surface area contributed by atoms with Gasteiger partial charge in [-0.2, -0.15) is 5.10 Å². The Hall–Kier alpha value is -1.62. The van der Waals surface area contributed by atoms with Gasteiger partial charge >= 0.3 is 0 Å². The molecule has 5 nitrogen and oxygen atoms in total. The van der Waals surface area contributed by atoms with Gasteiger partial charge in [0.2, 0.25) is 0 Å². The molecule has 0 bridgehead atoms. The standard InChI is InChI=1S/C13H19N5/c1-17(10-11-2-6-14-7-3-11)12-5-9-18-13(16-12)4-8-15-18/h4-5,8-9,11,14H,2-3,6-7,10H2,1H3. The van der Waals surface area contributed by atoms with Gasteiger partial charge in [-0.05, 0) is 37.9 Å². The molecule has 3 rings (SSSR count). The van der Waals surface area contributed by atoms with E-state index in [1.54, 1.807) is 10.7 Å². The highest BCUT2D eigenvalue weighted by Crippen LogP contribution is 2.17. The number of piperidine rings is 1. The maximum Gasteiger partial charge on any atom is 0.157 e. The summed E-state index contributed by atoms with van der Waals surface area (Å²) in [5.74, 6) is 1.81. The van der Waals surface area contributed by atoms with Crippen molar-refractivity contribution in [2.45, 2.75) is 12.8 Å². The van der Waals surface area contributed by atoms with E-state index in [4.69, 9.17) is 0 Å². The van der Waals surface area contributed by atoms with E-state index >= 15 is 0 Å². The van der Waals surface area contributed by atoms with E-state index in [0.717, 1.165) is 37.0 Å². The molecule has 1 saturated heterocycles. The summed E-state index contributed by atoms with van der Waals surface area (Å²) in [5.41, 5.74) is 0.907. The number of hydrogen-bond donors (Lipinski definition) is 1. The molecule has 96 valence electrons. The molecule has 2 aromatic heterocycles. The van der Waals surface area contributed by atoms with Crippen LogP contribution in [0.1, 0.15) is 12.8 Å². The zero-order valence-corrected chi connectivity index (χ0v) is 10.7. The quantitative estimate of drug-likeness (QED) is 0.881. The minimum Gasteiger partial charge on any atom is -0.359 e. The number of anilines is 1. The zero-order chi connectivity index (χ0) is 12.4. The van der Waals surface area contributed by atoms with Gasteiger partial charge in [-0.25, -0.2) is 9.50 Å². The van der Waals surface area contributed by atoms with E-state index in [9.17, 15) is 0 Å². The third-order valence-electron chi connectivity index (χ3n) is 3.63. The summed E-state index contributed by atoms with van der Waals surface area (Å²) in [4.78, 5) is 6.86. The van der Waals surface area contributed by atoms with E-state index in [1.165, 1.54) is 12.8 Å². The molecule has 2 aromatic rings. The van der Waals surface area contributed by atoms with Crippen molar-refractivity contribution in [3.8, 4) is 0 Å². The van der Waals surface area contributed by atoms with Crippen LogP contribution in [0.25, 0.3) is 5.65 Å². The second kappa shape index (κ2) is 4.94. The summed E-state index contributed by atoms with van der Waals surface area (Å²) < 4.78 is 1.79. The first kappa shape index (κ1) is 11.5. The van der Waals surface area contributed by atoms with Crippen LogP contribution in [-0.2, 0) is 0 Å². The minimum atomic E-state index is 0.777. The van der Waals surface area contributed by atoms with Crippen LogP contribution < -0.4 is 10.2 Å². The van der Waals surface area contributed by atoms with Crippen LogP contribution >= 0.6 is 0 Å². The monoisotopic (exact) mass is 245 g/mol. The molecular weight excluding hydrogens is 226 g/mol. The number of hydrogen-bond acceptors (Lipinski definition) is 4. The Morgan fingerprint density at radius 3 is 3.06 bits per heavy atom. The van der Waals surface area contributed by atoms with Gasteiger partial charge in [0.25, 0.3) is 0 Å². The third-order valence-corrected chi connectivity index (χ3v) is 3.63. The molecule has 0 spiro atoms. The lowest BCUT2D eigenvalue weighted by atomic mass is 9.98. The van der Waals surface area contributed by atoms with Crippen molar-refractivity contribution >= 4 is 11.5 Å². The van der Waals surface area contributed by atoms with Gasteiger partial charge in [-0.15, -0.1) is 0 Å². The normalized spacial score (nSPS) is 17.2. The molecule has 1 aliphatic heterocycles. The Morgan fingerprint density at radius 2 is 2.22 bits per heavy atom. The van der Waals surface area contributed by atoms with Crippen LogP contribution in [-0.4, -0.2) is 41.3 Å². The first-order chi connectivity index (χ1) is 8.83. The van der Waals surface area contributed by atoms with Gasteiger partial charge in [0.05, 0.1) is 6.20 Å². The average molecular weight is 245 g/mol. The fraction of sp³-hybridized carbons (Fsp3) is 0.538. The van der Waals surface area contributed by atoms with Crippen LogP contribution in [0.4, 0.5) is 5.82 Å². The Bertz CT molecular complexity index is 515. The lowest BCUT2D eigenvalue weighted by Crippen LogP contribution is -2.34. The van der Waals surface area contributed by atoms with Crippen molar-refractivity contribution in [1.82, 2.24) is 19.9 Å². The van der Waals surface area contributed by atoms with Crippen LogP contribution in [0.15, 0.2) is 24.5 Å². The molecule has 0 aliphatic carbocycles. The van der Waals surface area contributed by atoms with Crippen molar-refractivity contribution in [2.75, 3.05) is 31.6 Å². The molecule has 18 heavy (non-hydrogen) atoms. The van der Waals surface area contributed by atoms with Crippen molar-refractivity contribution in [2.24, 2.45) is 5.92 Å². The van der Waals surface area contributed by atoms with Crippen molar-refractivity contribution < 1.29 is 0 Å². The third kappa shape index (κ3) is 2.31. The van der Waals surface area contributed by atoms with Crippen molar-refractivity contribution in [3.63, 3.8) is 0 Å². The van der Waals surface area contributed by atoms with Crippen LogP contribution in [0.3, 0.4) is 0 Å². The SMILES string of the molecule is CN(CC1CCNCC1)c1ccn2nccc2n1. The van der Waals surface area contributed by atoms with Crippen LogP contribution in [0, 0.1) is 5.92 Å². The van der Waals surface area contributed by atoms with Gasteiger partial charge in [0.1, 0.15) is 5.82 Å². The Morgan fingerprint density at radius 1 is 1.39 bits per heavy atom. The van der Waals surface area contributed by atoms with E-state index in [2.05, 4.69) is 27.3 Å². The zero-order valence-electron chi connectivity index (χ0n) is 10.7. The summed E-state index contributed by atoms with van der Waals surface area (Å²) in [6.45, 7) is 3.38. The van der Waals surface area contributed by atoms with Gasteiger partial charge in [-0.3, -0.25) is 0 Å². The first-order valence-corrected chi connectivity index (χ1v) is 6.55. The summed E-state index contributed by atoms with van der Waals surface area (Å²) in [7, 11) is 2.12. The maximum absolute atomic E-state index is 4.61. The summed E-state index contributed by atoms with van der Waals surface area (Å²) in [6, 6.07) is 3.96. The number of fused-ring (bicyclic) bond motifs is 1. The molecule has 0 amide bonds. The molecule has 0 aromatic carbocycles. The molecule has 3 heterocycles. The highest BCUT2D eigenvalue weighted by Gasteiger charge is 2.16. The predicted octanol–water partition coefficient (Wildman–Crippen LogP) is 1.17. The Labute approximate surface area is 107 Å². The smallest absolute Gasteiger partial charge is 0.157 e. The maximum atomic E-state index is 4.61. The van der Waals surface area contributed by atoms with E-state index in [0.29, 0.717) is 0 Å². The topological polar surface area (TPSA) is 45.5 Å². The number of nitrogens with one attached hydrogen (secondary N) is 1. The van der Waals surface area contributed by atoms with Crippen molar-refractivity contribution in [3.05, 3.63) is 24.5 Å². The molecule has 0 atom stereocenters. The molecule has 0 radical (unpaired) electrons. The first-order valence-electron chi connectivity index (χ1n) is 6.55. The molecule has 0 unspecified atom stereocenters. The molecule has 1 aliphatic rings. The van der Waals surface area contributed by atoms with Crippen LogP contribution in [0.2, 0.25) is 0 Å². The van der Waals surface area contributed by atoms with Gasteiger partial charge < -0.3 is 10.2 Å².